The SMILES string of the molecule is COCCN(CCOC)S(=O)(=O)N1CCC(CO)CC1. The number of ether oxygens (including phenoxy) is 2. The molecule has 1 aliphatic heterocycles. The van der Waals surface area contributed by atoms with Gasteiger partial charge in [-0.2, -0.15) is 17.0 Å². The number of hydrogen-bond donors (Lipinski definition) is 1. The molecule has 0 aromatic heterocycles. The Morgan fingerprint density at radius 2 is 1.65 bits per heavy atom. The topological polar surface area (TPSA) is 79.3 Å². The van der Waals surface area contributed by atoms with E-state index in [1.54, 1.807) is 14.2 Å². The van der Waals surface area contributed by atoms with Crippen LogP contribution in [0.25, 0.3) is 0 Å². The molecule has 0 spiro atoms. The van der Waals surface area contributed by atoms with Crippen LogP contribution in [0.3, 0.4) is 0 Å². The number of rotatable bonds is 9. The highest BCUT2D eigenvalue weighted by Gasteiger charge is 2.32. The predicted molar refractivity (Wildman–Crippen MR) is 75.6 cm³/mol. The van der Waals surface area contributed by atoms with Gasteiger partial charge in [0.05, 0.1) is 13.2 Å². The van der Waals surface area contributed by atoms with Gasteiger partial charge in [-0.25, -0.2) is 0 Å². The summed E-state index contributed by atoms with van der Waals surface area (Å²) in [5.74, 6) is 0.216. The van der Waals surface area contributed by atoms with E-state index in [4.69, 9.17) is 14.6 Å². The minimum Gasteiger partial charge on any atom is -0.396 e. The van der Waals surface area contributed by atoms with Crippen molar-refractivity contribution in [1.82, 2.24) is 8.61 Å². The van der Waals surface area contributed by atoms with Crippen molar-refractivity contribution in [1.29, 1.82) is 0 Å². The maximum Gasteiger partial charge on any atom is 0.282 e. The van der Waals surface area contributed by atoms with Gasteiger partial charge in [-0.15, -0.1) is 0 Å². The number of methoxy groups -OCH3 is 2. The van der Waals surface area contributed by atoms with Crippen molar-refractivity contribution in [3.63, 3.8) is 0 Å². The van der Waals surface area contributed by atoms with Gasteiger partial charge in [-0.3, -0.25) is 0 Å². The first-order valence-corrected chi connectivity index (χ1v) is 8.30. The normalized spacial score (nSPS) is 18.8. The molecule has 1 aliphatic rings. The van der Waals surface area contributed by atoms with E-state index in [0.29, 0.717) is 52.2 Å². The molecule has 0 bridgehead atoms. The molecule has 0 unspecified atom stereocenters. The fraction of sp³-hybridized carbons (Fsp3) is 1.00. The molecule has 0 atom stereocenters. The Morgan fingerprint density at radius 3 is 2.05 bits per heavy atom. The fourth-order valence-corrected chi connectivity index (χ4v) is 3.82. The lowest BCUT2D eigenvalue weighted by atomic mass is 10.00. The molecule has 20 heavy (non-hydrogen) atoms. The van der Waals surface area contributed by atoms with Crippen LogP contribution in [0.5, 0.6) is 0 Å². The summed E-state index contributed by atoms with van der Waals surface area (Å²) in [4.78, 5) is 0. The van der Waals surface area contributed by atoms with E-state index in [-0.39, 0.29) is 12.5 Å². The zero-order valence-corrected chi connectivity index (χ0v) is 13.1. The molecular formula is C12H26N2O5S. The molecular weight excluding hydrogens is 284 g/mol. The van der Waals surface area contributed by atoms with Gasteiger partial charge in [0.1, 0.15) is 0 Å². The molecule has 1 N–H and O–H groups in total. The van der Waals surface area contributed by atoms with Crippen molar-refractivity contribution in [2.45, 2.75) is 12.8 Å². The lowest BCUT2D eigenvalue weighted by molar-refractivity contribution is 0.139. The minimum absolute atomic E-state index is 0.130. The second-order valence-corrected chi connectivity index (χ2v) is 6.85. The molecule has 120 valence electrons. The van der Waals surface area contributed by atoms with Crippen LogP contribution in [0.4, 0.5) is 0 Å². The van der Waals surface area contributed by atoms with Crippen LogP contribution in [0, 0.1) is 5.92 Å². The molecule has 1 fully saturated rings. The van der Waals surface area contributed by atoms with E-state index < -0.39 is 10.2 Å². The molecule has 0 saturated carbocycles. The molecule has 1 saturated heterocycles. The van der Waals surface area contributed by atoms with Gasteiger partial charge in [0.2, 0.25) is 0 Å². The molecule has 0 aliphatic carbocycles. The summed E-state index contributed by atoms with van der Waals surface area (Å²) in [7, 11) is -0.376. The number of hydrogen-bond acceptors (Lipinski definition) is 5. The lowest BCUT2D eigenvalue weighted by Gasteiger charge is -2.34. The first-order chi connectivity index (χ1) is 9.56. The summed E-state index contributed by atoms with van der Waals surface area (Å²) in [5.41, 5.74) is 0. The quantitative estimate of drug-likeness (QED) is 0.623. The Hall–Kier alpha value is -0.250. The number of aliphatic hydroxyl groups is 1. The van der Waals surface area contributed by atoms with Gasteiger partial charge in [0.25, 0.3) is 10.2 Å². The highest BCUT2D eigenvalue weighted by Crippen LogP contribution is 2.20. The zero-order valence-electron chi connectivity index (χ0n) is 12.3. The standard InChI is InChI=1S/C12H26N2O5S/c1-18-9-7-14(8-10-19-2)20(16,17)13-5-3-12(11-15)4-6-13/h12,15H,3-11H2,1-2H3. The molecule has 1 rings (SSSR count). The second-order valence-electron chi connectivity index (χ2n) is 4.92. The second kappa shape index (κ2) is 8.91. The molecule has 8 heteroatoms. The van der Waals surface area contributed by atoms with Crippen molar-refractivity contribution in [2.75, 3.05) is 60.2 Å². The summed E-state index contributed by atoms with van der Waals surface area (Å²) in [6.07, 6.45) is 1.41. The average Bonchev–Trinajstić information content (AvgIpc) is 2.47. The summed E-state index contributed by atoms with van der Waals surface area (Å²) in [5, 5.41) is 9.11. The van der Waals surface area contributed by atoms with E-state index >= 15 is 0 Å². The van der Waals surface area contributed by atoms with E-state index in [1.165, 1.54) is 8.61 Å². The summed E-state index contributed by atoms with van der Waals surface area (Å²) < 4.78 is 38.0. The van der Waals surface area contributed by atoms with Crippen LogP contribution >= 0.6 is 0 Å². The van der Waals surface area contributed by atoms with Crippen LogP contribution in [-0.4, -0.2) is 82.4 Å². The van der Waals surface area contributed by atoms with Crippen LogP contribution in [0.2, 0.25) is 0 Å². The Kier molecular flexibility index (Phi) is 7.93. The molecule has 0 aromatic rings. The Labute approximate surface area is 121 Å². The van der Waals surface area contributed by atoms with Crippen LogP contribution in [0.1, 0.15) is 12.8 Å². The van der Waals surface area contributed by atoms with Gasteiger partial charge >= 0.3 is 0 Å². The van der Waals surface area contributed by atoms with Gasteiger partial charge in [-0.1, -0.05) is 0 Å². The van der Waals surface area contributed by atoms with Gasteiger partial charge in [0, 0.05) is 47.0 Å². The molecule has 0 radical (unpaired) electrons. The van der Waals surface area contributed by atoms with Crippen LogP contribution < -0.4 is 0 Å². The van der Waals surface area contributed by atoms with Gasteiger partial charge in [0.15, 0.2) is 0 Å². The zero-order chi connectivity index (χ0) is 15.0. The number of aliphatic hydroxyl groups excluding tert-OH is 1. The summed E-state index contributed by atoms with van der Waals surface area (Å²) in [6, 6.07) is 0. The molecule has 0 amide bonds. The molecule has 0 aromatic carbocycles. The predicted octanol–water partition coefficient (Wildman–Crippen LogP) is -0.470. The first kappa shape index (κ1) is 17.8. The van der Waals surface area contributed by atoms with Crippen LogP contribution in [-0.2, 0) is 19.7 Å². The molecule has 7 nitrogen and oxygen atoms in total. The maximum atomic E-state index is 12.6. The minimum atomic E-state index is -3.48. The van der Waals surface area contributed by atoms with E-state index in [1.807, 2.05) is 0 Å². The van der Waals surface area contributed by atoms with Crippen molar-refractivity contribution in [3.8, 4) is 0 Å². The smallest absolute Gasteiger partial charge is 0.282 e. The third-order valence-corrected chi connectivity index (χ3v) is 5.61. The fourth-order valence-electron chi connectivity index (χ4n) is 2.21. The Balaban J connectivity index is 2.66. The highest BCUT2D eigenvalue weighted by molar-refractivity contribution is 7.86. The summed E-state index contributed by atoms with van der Waals surface area (Å²) in [6.45, 7) is 2.41. The van der Waals surface area contributed by atoms with Crippen molar-refractivity contribution < 1.29 is 23.0 Å². The Morgan fingerprint density at radius 1 is 1.15 bits per heavy atom. The highest BCUT2D eigenvalue weighted by atomic mass is 32.2. The largest absolute Gasteiger partial charge is 0.396 e. The monoisotopic (exact) mass is 310 g/mol. The van der Waals surface area contributed by atoms with Crippen molar-refractivity contribution >= 4 is 10.2 Å². The molecule has 1 heterocycles. The maximum absolute atomic E-state index is 12.6. The van der Waals surface area contributed by atoms with Gasteiger partial charge in [-0.05, 0) is 18.8 Å². The van der Waals surface area contributed by atoms with Crippen molar-refractivity contribution in [2.24, 2.45) is 5.92 Å². The third-order valence-electron chi connectivity index (χ3n) is 3.57. The number of piperidine rings is 1. The Bertz CT molecular complexity index is 347. The third kappa shape index (κ3) is 4.94. The van der Waals surface area contributed by atoms with E-state index in [2.05, 4.69) is 0 Å². The van der Waals surface area contributed by atoms with Crippen LogP contribution in [0.15, 0.2) is 0 Å². The van der Waals surface area contributed by atoms with E-state index in [0.717, 1.165) is 0 Å². The number of nitrogens with zero attached hydrogens (tertiary/aromatic N) is 2. The van der Waals surface area contributed by atoms with Gasteiger partial charge < -0.3 is 14.6 Å². The first-order valence-electron chi connectivity index (χ1n) is 6.90. The summed E-state index contributed by atoms with van der Waals surface area (Å²) >= 11 is 0. The lowest BCUT2D eigenvalue weighted by Crippen LogP contribution is -2.49. The van der Waals surface area contributed by atoms with Crippen molar-refractivity contribution in [3.05, 3.63) is 0 Å². The van der Waals surface area contributed by atoms with E-state index in [9.17, 15) is 8.42 Å². The average molecular weight is 310 g/mol.